The normalized spacial score (nSPS) is 17.9. The molecule has 0 aliphatic carbocycles. The summed E-state index contributed by atoms with van der Waals surface area (Å²) in [4.78, 5) is 9.10. The summed E-state index contributed by atoms with van der Waals surface area (Å²) >= 11 is 0. The lowest BCUT2D eigenvalue weighted by molar-refractivity contribution is 0.312. The Morgan fingerprint density at radius 1 is 1.17 bits per heavy atom. The summed E-state index contributed by atoms with van der Waals surface area (Å²) in [5.74, 6) is 1.50. The van der Waals surface area contributed by atoms with Crippen LogP contribution in [-0.4, -0.2) is 58.8 Å². The van der Waals surface area contributed by atoms with Crippen molar-refractivity contribution < 1.29 is 0 Å². The maximum absolute atomic E-state index is 4.53. The minimum atomic E-state index is -0.0532. The van der Waals surface area contributed by atoms with E-state index in [1.54, 1.807) is 6.20 Å². The van der Waals surface area contributed by atoms with Crippen molar-refractivity contribution in [1.29, 1.82) is 0 Å². The second kappa shape index (κ2) is 5.06. The fraction of sp³-hybridized carbons (Fsp3) is 0.750. The van der Waals surface area contributed by atoms with Gasteiger partial charge in [-0.05, 0) is 27.8 Å². The van der Waals surface area contributed by atoms with Gasteiger partial charge >= 0.3 is 0 Å². The van der Waals surface area contributed by atoms with E-state index in [2.05, 4.69) is 58.1 Å². The summed E-state index contributed by atoms with van der Waals surface area (Å²) in [6.45, 7) is 10.4. The van der Waals surface area contributed by atoms with E-state index >= 15 is 0 Å². The van der Waals surface area contributed by atoms with E-state index in [4.69, 9.17) is 0 Å². The third kappa shape index (κ3) is 3.53. The Morgan fingerprint density at radius 3 is 2.44 bits per heavy atom. The van der Waals surface area contributed by atoms with E-state index in [-0.39, 0.29) is 5.54 Å². The summed E-state index contributed by atoms with van der Waals surface area (Å²) in [5.41, 5.74) is -0.0532. The SMILES string of the molecule is CN1CCN(c2cnnc(NC(C)(C)C)n2)CC1. The summed E-state index contributed by atoms with van der Waals surface area (Å²) in [6, 6.07) is 0. The molecule has 0 aromatic carbocycles. The van der Waals surface area contributed by atoms with E-state index in [0.29, 0.717) is 5.95 Å². The first-order valence-corrected chi connectivity index (χ1v) is 6.35. The predicted molar refractivity (Wildman–Crippen MR) is 72.9 cm³/mol. The molecule has 1 aliphatic heterocycles. The van der Waals surface area contributed by atoms with Crippen LogP contribution in [0.25, 0.3) is 0 Å². The summed E-state index contributed by atoms with van der Waals surface area (Å²) in [5, 5.41) is 11.3. The maximum Gasteiger partial charge on any atom is 0.245 e. The Bertz CT molecular complexity index is 392. The standard InChI is InChI=1S/C12H22N6/c1-12(2,3)15-11-14-10(9-13-16-11)18-7-5-17(4)6-8-18/h9H,5-8H2,1-4H3,(H,14,15,16). The molecule has 6 nitrogen and oxygen atoms in total. The molecule has 18 heavy (non-hydrogen) atoms. The summed E-state index contributed by atoms with van der Waals surface area (Å²) in [7, 11) is 2.14. The molecule has 0 saturated carbocycles. The van der Waals surface area contributed by atoms with E-state index in [9.17, 15) is 0 Å². The number of nitrogens with zero attached hydrogens (tertiary/aromatic N) is 5. The first kappa shape index (κ1) is 13.0. The van der Waals surface area contributed by atoms with Gasteiger partial charge in [0.2, 0.25) is 5.95 Å². The van der Waals surface area contributed by atoms with Crippen molar-refractivity contribution in [2.75, 3.05) is 43.4 Å². The van der Waals surface area contributed by atoms with Crippen molar-refractivity contribution in [1.82, 2.24) is 20.1 Å². The van der Waals surface area contributed by atoms with Gasteiger partial charge in [-0.25, -0.2) is 0 Å². The molecular weight excluding hydrogens is 228 g/mol. The number of hydrogen-bond donors (Lipinski definition) is 1. The molecule has 0 radical (unpaired) electrons. The minimum absolute atomic E-state index is 0.0532. The molecule has 1 aliphatic rings. The fourth-order valence-electron chi connectivity index (χ4n) is 1.87. The van der Waals surface area contributed by atoms with Crippen molar-refractivity contribution in [2.45, 2.75) is 26.3 Å². The molecule has 100 valence electrons. The average molecular weight is 250 g/mol. The highest BCUT2D eigenvalue weighted by Gasteiger charge is 2.17. The maximum atomic E-state index is 4.53. The topological polar surface area (TPSA) is 57.2 Å². The lowest BCUT2D eigenvalue weighted by atomic mass is 10.1. The zero-order chi connectivity index (χ0) is 13.2. The fourth-order valence-corrected chi connectivity index (χ4v) is 1.87. The number of likely N-dealkylation sites (N-methyl/N-ethyl adjacent to an activating group) is 1. The second-order valence-corrected chi connectivity index (χ2v) is 5.80. The minimum Gasteiger partial charge on any atom is -0.353 e. The highest BCUT2D eigenvalue weighted by molar-refractivity contribution is 5.41. The summed E-state index contributed by atoms with van der Waals surface area (Å²) < 4.78 is 0. The van der Waals surface area contributed by atoms with E-state index in [1.165, 1.54) is 0 Å². The van der Waals surface area contributed by atoms with Crippen LogP contribution >= 0.6 is 0 Å². The van der Waals surface area contributed by atoms with Gasteiger partial charge in [-0.1, -0.05) is 0 Å². The number of hydrogen-bond acceptors (Lipinski definition) is 6. The molecule has 2 rings (SSSR count). The molecule has 0 amide bonds. The Hall–Kier alpha value is -1.43. The van der Waals surface area contributed by atoms with Crippen molar-refractivity contribution in [3.63, 3.8) is 0 Å². The van der Waals surface area contributed by atoms with Crippen molar-refractivity contribution >= 4 is 11.8 Å². The van der Waals surface area contributed by atoms with Gasteiger partial charge in [-0.2, -0.15) is 10.1 Å². The Morgan fingerprint density at radius 2 is 1.83 bits per heavy atom. The van der Waals surface area contributed by atoms with Gasteiger partial charge < -0.3 is 15.1 Å². The highest BCUT2D eigenvalue weighted by atomic mass is 15.3. The lowest BCUT2D eigenvalue weighted by Gasteiger charge is -2.33. The number of piperazine rings is 1. The van der Waals surface area contributed by atoms with Crippen LogP contribution in [0.2, 0.25) is 0 Å². The number of nitrogens with one attached hydrogen (secondary N) is 1. The molecular formula is C12H22N6. The number of rotatable bonds is 2. The zero-order valence-corrected chi connectivity index (χ0v) is 11.6. The van der Waals surface area contributed by atoms with Crippen LogP contribution in [0.15, 0.2) is 6.20 Å². The van der Waals surface area contributed by atoms with Crippen LogP contribution in [-0.2, 0) is 0 Å². The van der Waals surface area contributed by atoms with Crippen molar-refractivity contribution in [3.8, 4) is 0 Å². The number of anilines is 2. The van der Waals surface area contributed by atoms with E-state index in [0.717, 1.165) is 32.0 Å². The monoisotopic (exact) mass is 250 g/mol. The van der Waals surface area contributed by atoms with Gasteiger partial charge in [0.1, 0.15) is 0 Å². The smallest absolute Gasteiger partial charge is 0.245 e. The second-order valence-electron chi connectivity index (χ2n) is 5.80. The number of aromatic nitrogens is 3. The predicted octanol–water partition coefficient (Wildman–Crippen LogP) is 0.834. The zero-order valence-electron chi connectivity index (χ0n) is 11.6. The van der Waals surface area contributed by atoms with Gasteiger partial charge in [-0.3, -0.25) is 0 Å². The first-order chi connectivity index (χ1) is 8.44. The Balaban J connectivity index is 2.07. The third-order valence-electron chi connectivity index (χ3n) is 2.86. The molecule has 1 aromatic heterocycles. The quantitative estimate of drug-likeness (QED) is 0.839. The molecule has 1 saturated heterocycles. The van der Waals surface area contributed by atoms with Crippen LogP contribution in [0.4, 0.5) is 11.8 Å². The van der Waals surface area contributed by atoms with Crippen LogP contribution in [0.3, 0.4) is 0 Å². The van der Waals surface area contributed by atoms with Gasteiger partial charge in [0.15, 0.2) is 5.82 Å². The lowest BCUT2D eigenvalue weighted by Crippen LogP contribution is -2.45. The molecule has 0 bridgehead atoms. The molecule has 1 fully saturated rings. The third-order valence-corrected chi connectivity index (χ3v) is 2.86. The highest BCUT2D eigenvalue weighted by Crippen LogP contribution is 2.15. The average Bonchev–Trinajstić information content (AvgIpc) is 2.28. The molecule has 6 heteroatoms. The molecule has 0 spiro atoms. The molecule has 0 atom stereocenters. The largest absolute Gasteiger partial charge is 0.353 e. The molecule has 1 N–H and O–H groups in total. The van der Waals surface area contributed by atoms with Crippen molar-refractivity contribution in [2.24, 2.45) is 0 Å². The van der Waals surface area contributed by atoms with Crippen molar-refractivity contribution in [3.05, 3.63) is 6.20 Å². The first-order valence-electron chi connectivity index (χ1n) is 6.35. The van der Waals surface area contributed by atoms with Crippen LogP contribution in [0.5, 0.6) is 0 Å². The Labute approximate surface area is 108 Å². The van der Waals surface area contributed by atoms with E-state index in [1.807, 2.05) is 0 Å². The van der Waals surface area contributed by atoms with Gasteiger partial charge in [0, 0.05) is 31.7 Å². The molecule has 0 unspecified atom stereocenters. The van der Waals surface area contributed by atoms with Crippen LogP contribution in [0, 0.1) is 0 Å². The van der Waals surface area contributed by atoms with E-state index < -0.39 is 0 Å². The van der Waals surface area contributed by atoms with Gasteiger partial charge in [0.05, 0.1) is 6.20 Å². The van der Waals surface area contributed by atoms with Gasteiger partial charge in [0.25, 0.3) is 0 Å². The van der Waals surface area contributed by atoms with Gasteiger partial charge in [-0.15, -0.1) is 5.10 Å². The van der Waals surface area contributed by atoms with Crippen LogP contribution < -0.4 is 10.2 Å². The summed E-state index contributed by atoms with van der Waals surface area (Å²) in [6.07, 6.45) is 1.74. The van der Waals surface area contributed by atoms with Crippen LogP contribution in [0.1, 0.15) is 20.8 Å². The molecule has 2 heterocycles. The molecule has 1 aromatic rings. The Kier molecular flexibility index (Phi) is 3.65.